The number of aliphatic hydroxyl groups excluding tert-OH is 1. The summed E-state index contributed by atoms with van der Waals surface area (Å²) in [5.41, 5.74) is 2.91. The van der Waals surface area contributed by atoms with Crippen LogP contribution in [0.3, 0.4) is 0 Å². The molecule has 0 bridgehead atoms. The molecular weight excluding hydrogens is 404 g/mol. The highest BCUT2D eigenvalue weighted by molar-refractivity contribution is 6.14. The Morgan fingerprint density at radius 1 is 1.06 bits per heavy atom. The van der Waals surface area contributed by atoms with Gasteiger partial charge in [-0.15, -0.1) is 0 Å². The van der Waals surface area contributed by atoms with Crippen LogP contribution in [0.15, 0.2) is 72.0 Å². The highest BCUT2D eigenvalue weighted by Gasteiger charge is 2.42. The number of ketones is 1. The SMILES string of the molecule is Cc1ccc(C2C(C(=O)C=Cc3ccccc3)=C(O)C(=O)N2CCN2CCOCC2)cc1. The Kier molecular flexibility index (Phi) is 6.83. The third-order valence-corrected chi connectivity index (χ3v) is 5.95. The molecule has 1 unspecified atom stereocenters. The molecule has 0 radical (unpaired) electrons. The third kappa shape index (κ3) is 4.82. The van der Waals surface area contributed by atoms with Crippen molar-refractivity contribution in [2.75, 3.05) is 39.4 Å². The molecule has 2 aromatic carbocycles. The van der Waals surface area contributed by atoms with Crippen molar-refractivity contribution < 1.29 is 19.4 Å². The van der Waals surface area contributed by atoms with Gasteiger partial charge >= 0.3 is 0 Å². The van der Waals surface area contributed by atoms with Gasteiger partial charge in [-0.1, -0.05) is 66.2 Å². The molecule has 4 rings (SSSR count). The van der Waals surface area contributed by atoms with Crippen molar-refractivity contribution in [3.8, 4) is 0 Å². The summed E-state index contributed by atoms with van der Waals surface area (Å²) in [6.07, 6.45) is 3.14. The largest absolute Gasteiger partial charge is 0.503 e. The van der Waals surface area contributed by atoms with Gasteiger partial charge in [0.05, 0.1) is 24.8 Å². The van der Waals surface area contributed by atoms with Crippen LogP contribution in [0.4, 0.5) is 0 Å². The molecule has 2 aliphatic heterocycles. The summed E-state index contributed by atoms with van der Waals surface area (Å²) >= 11 is 0. The molecule has 1 N–H and O–H groups in total. The Balaban J connectivity index is 1.61. The van der Waals surface area contributed by atoms with E-state index in [1.54, 1.807) is 11.0 Å². The zero-order chi connectivity index (χ0) is 22.5. The summed E-state index contributed by atoms with van der Waals surface area (Å²) in [4.78, 5) is 30.0. The van der Waals surface area contributed by atoms with Crippen LogP contribution in [-0.4, -0.2) is 66.0 Å². The fourth-order valence-electron chi connectivity index (χ4n) is 4.13. The predicted molar refractivity (Wildman–Crippen MR) is 123 cm³/mol. The lowest BCUT2D eigenvalue weighted by Crippen LogP contribution is -2.43. The van der Waals surface area contributed by atoms with Gasteiger partial charge in [0.25, 0.3) is 5.91 Å². The fraction of sp³-hybridized carbons (Fsp3) is 0.308. The molecular formula is C26H28N2O4. The van der Waals surface area contributed by atoms with Gasteiger partial charge in [0, 0.05) is 26.2 Å². The maximum atomic E-state index is 13.2. The minimum atomic E-state index is -0.614. The second-order valence-electron chi connectivity index (χ2n) is 8.14. The Bertz CT molecular complexity index is 1020. The molecule has 2 aliphatic rings. The highest BCUT2D eigenvalue weighted by Crippen LogP contribution is 2.38. The lowest BCUT2D eigenvalue weighted by Gasteiger charge is -2.31. The van der Waals surface area contributed by atoms with E-state index in [0.29, 0.717) is 26.3 Å². The van der Waals surface area contributed by atoms with Crippen molar-refractivity contribution in [3.63, 3.8) is 0 Å². The van der Waals surface area contributed by atoms with Crippen LogP contribution in [0.1, 0.15) is 22.7 Å². The third-order valence-electron chi connectivity index (χ3n) is 5.95. The minimum absolute atomic E-state index is 0.132. The number of amides is 1. The van der Waals surface area contributed by atoms with Gasteiger partial charge in [0.2, 0.25) is 0 Å². The normalized spacial score (nSPS) is 19.8. The molecule has 6 heteroatoms. The van der Waals surface area contributed by atoms with E-state index in [0.717, 1.165) is 29.8 Å². The van der Waals surface area contributed by atoms with E-state index in [4.69, 9.17) is 4.74 Å². The van der Waals surface area contributed by atoms with Gasteiger partial charge in [-0.05, 0) is 24.1 Å². The van der Waals surface area contributed by atoms with Gasteiger partial charge in [0.15, 0.2) is 11.5 Å². The van der Waals surface area contributed by atoms with Crippen molar-refractivity contribution in [3.05, 3.63) is 88.7 Å². The first-order valence-electron chi connectivity index (χ1n) is 10.9. The molecule has 0 saturated carbocycles. The topological polar surface area (TPSA) is 70.1 Å². The van der Waals surface area contributed by atoms with Gasteiger partial charge in [-0.25, -0.2) is 0 Å². The number of allylic oxidation sites excluding steroid dienone is 1. The molecule has 1 fully saturated rings. The summed E-state index contributed by atoms with van der Waals surface area (Å²) in [5, 5.41) is 10.7. The van der Waals surface area contributed by atoms with Gasteiger partial charge < -0.3 is 14.7 Å². The molecule has 2 aromatic rings. The van der Waals surface area contributed by atoms with Crippen LogP contribution in [0.5, 0.6) is 0 Å². The molecule has 32 heavy (non-hydrogen) atoms. The van der Waals surface area contributed by atoms with E-state index in [9.17, 15) is 14.7 Å². The van der Waals surface area contributed by atoms with Crippen LogP contribution in [-0.2, 0) is 14.3 Å². The first-order chi connectivity index (χ1) is 15.5. The number of hydrogen-bond donors (Lipinski definition) is 1. The number of rotatable bonds is 7. The number of carbonyl (C=O) groups excluding carboxylic acids is 2. The molecule has 6 nitrogen and oxygen atoms in total. The Morgan fingerprint density at radius 3 is 2.44 bits per heavy atom. The van der Waals surface area contributed by atoms with Crippen LogP contribution < -0.4 is 0 Å². The van der Waals surface area contributed by atoms with Crippen molar-refractivity contribution in [2.45, 2.75) is 13.0 Å². The van der Waals surface area contributed by atoms with Crippen molar-refractivity contribution >= 4 is 17.8 Å². The van der Waals surface area contributed by atoms with Gasteiger partial charge in [-0.3, -0.25) is 14.5 Å². The van der Waals surface area contributed by atoms with Crippen molar-refractivity contribution in [1.29, 1.82) is 0 Å². The van der Waals surface area contributed by atoms with Gasteiger partial charge in [0.1, 0.15) is 0 Å². The Labute approximate surface area is 188 Å². The Morgan fingerprint density at radius 2 is 1.75 bits per heavy atom. The van der Waals surface area contributed by atoms with E-state index >= 15 is 0 Å². The Hall–Kier alpha value is -3.22. The van der Waals surface area contributed by atoms with E-state index in [-0.39, 0.29) is 11.4 Å². The molecule has 1 amide bonds. The summed E-state index contributed by atoms with van der Waals surface area (Å²) in [6, 6.07) is 16.6. The molecule has 0 spiro atoms. The predicted octanol–water partition coefficient (Wildman–Crippen LogP) is 3.31. The number of carbonyl (C=O) groups is 2. The summed E-state index contributed by atoms with van der Waals surface area (Å²) in [7, 11) is 0. The molecule has 166 valence electrons. The second kappa shape index (κ2) is 9.94. The summed E-state index contributed by atoms with van der Waals surface area (Å²) in [5.74, 6) is -1.32. The van der Waals surface area contributed by atoms with Gasteiger partial charge in [-0.2, -0.15) is 0 Å². The molecule has 2 heterocycles. The number of nitrogens with zero attached hydrogens (tertiary/aromatic N) is 2. The first-order valence-corrected chi connectivity index (χ1v) is 10.9. The van der Waals surface area contributed by atoms with Crippen LogP contribution in [0, 0.1) is 6.92 Å². The van der Waals surface area contributed by atoms with Crippen molar-refractivity contribution in [1.82, 2.24) is 9.80 Å². The lowest BCUT2D eigenvalue weighted by molar-refractivity contribution is -0.129. The average molecular weight is 433 g/mol. The number of hydrogen-bond acceptors (Lipinski definition) is 5. The smallest absolute Gasteiger partial charge is 0.290 e. The van der Waals surface area contributed by atoms with E-state index < -0.39 is 17.7 Å². The zero-order valence-electron chi connectivity index (χ0n) is 18.2. The quantitative estimate of drug-likeness (QED) is 0.680. The second-order valence-corrected chi connectivity index (χ2v) is 8.14. The summed E-state index contributed by atoms with van der Waals surface area (Å²) < 4.78 is 5.40. The average Bonchev–Trinajstić information content (AvgIpc) is 3.08. The highest BCUT2D eigenvalue weighted by atomic mass is 16.5. The number of aryl methyl sites for hydroxylation is 1. The van der Waals surface area contributed by atoms with E-state index in [1.807, 2.05) is 61.5 Å². The maximum Gasteiger partial charge on any atom is 0.290 e. The number of ether oxygens (including phenoxy) is 1. The van der Waals surface area contributed by atoms with Crippen molar-refractivity contribution in [2.24, 2.45) is 0 Å². The number of benzene rings is 2. The van der Waals surface area contributed by atoms with Crippen LogP contribution in [0.25, 0.3) is 6.08 Å². The zero-order valence-corrected chi connectivity index (χ0v) is 18.2. The summed E-state index contributed by atoms with van der Waals surface area (Å²) in [6.45, 7) is 6.03. The van der Waals surface area contributed by atoms with Crippen LogP contribution >= 0.6 is 0 Å². The van der Waals surface area contributed by atoms with E-state index in [2.05, 4.69) is 4.90 Å². The monoisotopic (exact) mass is 432 g/mol. The maximum absolute atomic E-state index is 13.2. The van der Waals surface area contributed by atoms with E-state index in [1.165, 1.54) is 6.08 Å². The minimum Gasteiger partial charge on any atom is -0.503 e. The molecule has 1 atom stereocenters. The standard InChI is InChI=1S/C26H28N2O4/c1-19-7-10-21(11-8-19)24-23(22(29)12-9-20-5-3-2-4-6-20)25(30)26(31)28(24)14-13-27-15-17-32-18-16-27/h2-12,24,30H,13-18H2,1H3. The molecule has 0 aliphatic carbocycles. The fourth-order valence-corrected chi connectivity index (χ4v) is 4.13. The van der Waals surface area contributed by atoms with Crippen LogP contribution in [0.2, 0.25) is 0 Å². The first kappa shape index (κ1) is 22.0. The molecule has 0 aromatic heterocycles. The lowest BCUT2D eigenvalue weighted by atomic mass is 9.95. The number of aliphatic hydroxyl groups is 1. The molecule has 1 saturated heterocycles. The number of morpholine rings is 1.